The summed E-state index contributed by atoms with van der Waals surface area (Å²) in [7, 11) is 0. The molecule has 3 heteroatoms. The number of aliphatic imine (C=N–C) groups is 1. The van der Waals surface area contributed by atoms with Crippen molar-refractivity contribution in [2.75, 3.05) is 0 Å². The van der Waals surface area contributed by atoms with Crippen molar-refractivity contribution in [2.24, 2.45) is 4.99 Å². The van der Waals surface area contributed by atoms with Gasteiger partial charge in [-0.15, -0.1) is 0 Å². The van der Waals surface area contributed by atoms with Gasteiger partial charge < -0.3 is 5.32 Å². The Morgan fingerprint density at radius 2 is 1.78 bits per heavy atom. The Balaban J connectivity index is 3.17. The summed E-state index contributed by atoms with van der Waals surface area (Å²) in [4.78, 5) is 15.1. The van der Waals surface area contributed by atoms with Gasteiger partial charge in [0.25, 0.3) is 0 Å². The summed E-state index contributed by atoms with van der Waals surface area (Å²) in [5.41, 5.74) is 1.59. The number of nitrogens with one attached hydrogen (secondary N) is 1. The van der Waals surface area contributed by atoms with Crippen LogP contribution in [0.15, 0.2) is 29.3 Å². The van der Waals surface area contributed by atoms with Gasteiger partial charge in [0.1, 0.15) is 0 Å². The Morgan fingerprint density at radius 3 is 2.33 bits per heavy atom. The number of rotatable bonds is 5. The number of nitrogens with zero attached hydrogens (tertiary/aromatic N) is 1. The number of carbonyl (C=O) groups is 1. The molecule has 0 saturated heterocycles. The third-order valence-corrected chi connectivity index (χ3v) is 3.16. The molecule has 0 aromatic heterocycles. The van der Waals surface area contributed by atoms with E-state index in [2.05, 4.69) is 36.3 Å². The molecule has 0 bridgehead atoms. The fourth-order valence-corrected chi connectivity index (χ4v) is 1.92. The number of hydrogen-bond acceptors (Lipinski definition) is 2. The molecule has 1 N–H and O–H groups in total. The first-order valence-corrected chi connectivity index (χ1v) is 6.15. The van der Waals surface area contributed by atoms with E-state index in [-0.39, 0.29) is 11.1 Å². The van der Waals surface area contributed by atoms with Crippen LogP contribution in [0.5, 0.6) is 0 Å². The first-order valence-electron chi connectivity index (χ1n) is 6.15. The van der Waals surface area contributed by atoms with Crippen LogP contribution >= 0.6 is 0 Å². The third-order valence-electron chi connectivity index (χ3n) is 3.16. The molecule has 0 heterocycles. The van der Waals surface area contributed by atoms with Crippen molar-refractivity contribution in [3.63, 3.8) is 0 Å². The van der Waals surface area contributed by atoms with E-state index in [1.54, 1.807) is 0 Å². The lowest BCUT2D eigenvalue weighted by molar-refractivity contribution is -0.111. The highest BCUT2D eigenvalue weighted by atomic mass is 16.1. The lowest BCUT2D eigenvalue weighted by Crippen LogP contribution is -2.35. The smallest absolute Gasteiger partial charge is 0.207 e. The van der Waals surface area contributed by atoms with E-state index >= 15 is 0 Å². The minimum atomic E-state index is -0.371. The summed E-state index contributed by atoms with van der Waals surface area (Å²) < 4.78 is 0. The Kier molecular flexibility index (Phi) is 4.28. The van der Waals surface area contributed by atoms with E-state index < -0.39 is 0 Å². The van der Waals surface area contributed by atoms with Crippen LogP contribution in [-0.4, -0.2) is 12.6 Å². The Labute approximate surface area is 109 Å². The van der Waals surface area contributed by atoms with Gasteiger partial charge in [-0.3, -0.25) is 9.79 Å². The number of carbonyl (C=O) groups excluding carboxylic acids is 1. The molecule has 0 saturated carbocycles. The predicted octanol–water partition coefficient (Wildman–Crippen LogP) is 2.99. The molecule has 98 valence electrons. The van der Waals surface area contributed by atoms with Crippen molar-refractivity contribution in [2.45, 2.75) is 45.7 Å². The SMILES string of the molecule is CC=NC(C)(C)c1cccc(C(C)(C)NC=O)c1. The van der Waals surface area contributed by atoms with Gasteiger partial charge >= 0.3 is 0 Å². The van der Waals surface area contributed by atoms with Crippen LogP contribution in [0, 0.1) is 0 Å². The molecule has 0 unspecified atom stereocenters. The molecule has 0 radical (unpaired) electrons. The molecule has 0 aliphatic heterocycles. The van der Waals surface area contributed by atoms with E-state index in [0.717, 1.165) is 17.5 Å². The first kappa shape index (κ1) is 14.4. The summed E-state index contributed by atoms with van der Waals surface area (Å²) >= 11 is 0. The van der Waals surface area contributed by atoms with Crippen molar-refractivity contribution >= 4 is 12.6 Å². The average molecular weight is 246 g/mol. The second-order valence-corrected chi connectivity index (χ2v) is 5.41. The fourth-order valence-electron chi connectivity index (χ4n) is 1.92. The highest BCUT2D eigenvalue weighted by Crippen LogP contribution is 2.28. The number of hydrogen-bond donors (Lipinski definition) is 1. The Morgan fingerprint density at radius 1 is 1.17 bits per heavy atom. The van der Waals surface area contributed by atoms with Crippen LogP contribution in [0.2, 0.25) is 0 Å². The normalized spacial score (nSPS) is 12.7. The van der Waals surface area contributed by atoms with Gasteiger partial charge in [0.15, 0.2) is 0 Å². The molecular formula is C15H22N2O. The van der Waals surface area contributed by atoms with Gasteiger partial charge in [-0.05, 0) is 52.0 Å². The molecule has 0 fully saturated rings. The minimum Gasteiger partial charge on any atom is -0.350 e. The van der Waals surface area contributed by atoms with Crippen molar-refractivity contribution < 1.29 is 4.79 Å². The van der Waals surface area contributed by atoms with Gasteiger partial charge in [-0.2, -0.15) is 0 Å². The van der Waals surface area contributed by atoms with Crippen molar-refractivity contribution in [1.29, 1.82) is 0 Å². The minimum absolute atomic E-state index is 0.248. The molecule has 0 atom stereocenters. The second-order valence-electron chi connectivity index (χ2n) is 5.41. The highest BCUT2D eigenvalue weighted by Gasteiger charge is 2.23. The molecular weight excluding hydrogens is 224 g/mol. The Hall–Kier alpha value is -1.64. The largest absolute Gasteiger partial charge is 0.350 e. The van der Waals surface area contributed by atoms with E-state index in [1.165, 1.54) is 0 Å². The van der Waals surface area contributed by atoms with Gasteiger partial charge in [0.05, 0.1) is 11.1 Å². The van der Waals surface area contributed by atoms with E-state index in [9.17, 15) is 4.79 Å². The monoisotopic (exact) mass is 246 g/mol. The third kappa shape index (κ3) is 3.19. The molecule has 3 nitrogen and oxygen atoms in total. The molecule has 1 rings (SSSR count). The first-order chi connectivity index (χ1) is 8.33. The summed E-state index contributed by atoms with van der Waals surface area (Å²) in [6.07, 6.45) is 2.56. The van der Waals surface area contributed by atoms with Crippen LogP contribution in [0.3, 0.4) is 0 Å². The molecule has 1 amide bonds. The summed E-state index contributed by atoms with van der Waals surface area (Å²) in [5, 5.41) is 2.83. The molecule has 0 spiro atoms. The quantitative estimate of drug-likeness (QED) is 0.630. The van der Waals surface area contributed by atoms with Gasteiger partial charge in [0, 0.05) is 0 Å². The highest BCUT2D eigenvalue weighted by molar-refractivity contribution is 5.55. The van der Waals surface area contributed by atoms with E-state index in [1.807, 2.05) is 39.1 Å². The zero-order chi connectivity index (χ0) is 13.8. The molecule has 18 heavy (non-hydrogen) atoms. The Bertz CT molecular complexity index is 448. The van der Waals surface area contributed by atoms with Crippen LogP contribution in [-0.2, 0) is 15.9 Å². The van der Waals surface area contributed by atoms with Crippen LogP contribution in [0.4, 0.5) is 0 Å². The van der Waals surface area contributed by atoms with Gasteiger partial charge in [0.2, 0.25) is 6.41 Å². The zero-order valence-corrected chi connectivity index (χ0v) is 11.8. The summed E-state index contributed by atoms with van der Waals surface area (Å²) in [6.45, 7) is 10.0. The van der Waals surface area contributed by atoms with Crippen molar-refractivity contribution in [3.8, 4) is 0 Å². The van der Waals surface area contributed by atoms with Gasteiger partial charge in [-0.25, -0.2) is 0 Å². The number of benzene rings is 1. The zero-order valence-electron chi connectivity index (χ0n) is 11.8. The van der Waals surface area contributed by atoms with Crippen LogP contribution in [0.1, 0.15) is 45.7 Å². The van der Waals surface area contributed by atoms with Crippen LogP contribution < -0.4 is 5.32 Å². The molecule has 0 aliphatic carbocycles. The van der Waals surface area contributed by atoms with Crippen molar-refractivity contribution in [3.05, 3.63) is 35.4 Å². The standard InChI is InChI=1S/C15H22N2O/c1-6-16-14(2,3)12-8-7-9-13(10-12)15(4,5)17-11-18/h6-11H,1-5H3,(H,17,18). The lowest BCUT2D eigenvalue weighted by atomic mass is 9.88. The maximum Gasteiger partial charge on any atom is 0.207 e. The number of amides is 1. The van der Waals surface area contributed by atoms with E-state index in [4.69, 9.17) is 0 Å². The van der Waals surface area contributed by atoms with E-state index in [0.29, 0.717) is 0 Å². The molecule has 1 aromatic carbocycles. The maximum absolute atomic E-state index is 10.6. The maximum atomic E-state index is 10.6. The molecule has 1 aromatic rings. The average Bonchev–Trinajstić information content (AvgIpc) is 2.29. The van der Waals surface area contributed by atoms with Crippen LogP contribution in [0.25, 0.3) is 0 Å². The molecule has 0 aliphatic rings. The summed E-state index contributed by atoms with van der Waals surface area (Å²) in [5.74, 6) is 0. The fraction of sp³-hybridized carbons (Fsp3) is 0.467. The summed E-state index contributed by atoms with van der Waals surface area (Å²) in [6, 6.07) is 8.19. The van der Waals surface area contributed by atoms with Gasteiger partial charge in [-0.1, -0.05) is 24.3 Å². The predicted molar refractivity (Wildman–Crippen MR) is 75.9 cm³/mol. The lowest BCUT2D eigenvalue weighted by Gasteiger charge is -2.27. The van der Waals surface area contributed by atoms with Crippen molar-refractivity contribution in [1.82, 2.24) is 5.32 Å². The topological polar surface area (TPSA) is 41.5 Å². The second kappa shape index (κ2) is 5.34.